The van der Waals surface area contributed by atoms with Crippen molar-refractivity contribution in [3.05, 3.63) is 70.2 Å². The van der Waals surface area contributed by atoms with Crippen molar-refractivity contribution in [1.82, 2.24) is 0 Å². The van der Waals surface area contributed by atoms with Crippen molar-refractivity contribution in [1.29, 1.82) is 0 Å². The van der Waals surface area contributed by atoms with Crippen LogP contribution in [0.3, 0.4) is 0 Å². The van der Waals surface area contributed by atoms with Gasteiger partial charge in [-0.2, -0.15) is 0 Å². The molecule has 1 aliphatic rings. The maximum Gasteiger partial charge on any atom is 0.0861 e. The highest BCUT2D eigenvalue weighted by molar-refractivity contribution is 6.30. The van der Waals surface area contributed by atoms with Gasteiger partial charge < -0.3 is 10.8 Å². The van der Waals surface area contributed by atoms with Gasteiger partial charge in [0.25, 0.3) is 0 Å². The molecule has 0 saturated heterocycles. The Morgan fingerprint density at radius 2 is 1.76 bits per heavy atom. The SMILES string of the molecule is NCC1(C(O)c2ccc(Cl)cc2)CCc2ccccc2C1. The number of rotatable bonds is 3. The standard InChI is InChI=1S/C18H20ClNO/c19-16-7-5-14(6-8-16)17(21)18(12-20)10-9-13-3-1-2-4-15(13)11-18/h1-8,17,21H,9-12,20H2. The first-order valence-corrected chi connectivity index (χ1v) is 7.73. The molecular weight excluding hydrogens is 282 g/mol. The summed E-state index contributed by atoms with van der Waals surface area (Å²) < 4.78 is 0. The van der Waals surface area contributed by atoms with Gasteiger partial charge >= 0.3 is 0 Å². The van der Waals surface area contributed by atoms with E-state index in [-0.39, 0.29) is 5.41 Å². The van der Waals surface area contributed by atoms with Crippen LogP contribution in [0.25, 0.3) is 0 Å². The molecule has 0 bridgehead atoms. The quantitative estimate of drug-likeness (QED) is 0.911. The minimum Gasteiger partial charge on any atom is -0.388 e. The summed E-state index contributed by atoms with van der Waals surface area (Å²) in [6.45, 7) is 0.477. The molecule has 0 fully saturated rings. The van der Waals surface area contributed by atoms with Crippen LogP contribution in [0, 0.1) is 5.41 Å². The van der Waals surface area contributed by atoms with Crippen molar-refractivity contribution >= 4 is 11.6 Å². The fraction of sp³-hybridized carbons (Fsp3) is 0.333. The fourth-order valence-corrected chi connectivity index (χ4v) is 3.47. The largest absolute Gasteiger partial charge is 0.388 e. The number of halogens is 1. The summed E-state index contributed by atoms with van der Waals surface area (Å²) in [4.78, 5) is 0. The molecule has 1 aliphatic carbocycles. The summed E-state index contributed by atoms with van der Waals surface area (Å²) in [5.74, 6) is 0. The van der Waals surface area contributed by atoms with Gasteiger partial charge in [0.2, 0.25) is 0 Å². The first-order chi connectivity index (χ1) is 10.1. The molecule has 0 aromatic heterocycles. The Kier molecular flexibility index (Phi) is 4.03. The smallest absolute Gasteiger partial charge is 0.0861 e. The van der Waals surface area contributed by atoms with Gasteiger partial charge in [0.05, 0.1) is 6.10 Å². The lowest BCUT2D eigenvalue weighted by atomic mass is 9.66. The maximum absolute atomic E-state index is 10.9. The summed E-state index contributed by atoms with van der Waals surface area (Å²) in [6, 6.07) is 15.9. The summed E-state index contributed by atoms with van der Waals surface area (Å²) in [5, 5.41) is 11.6. The van der Waals surface area contributed by atoms with Gasteiger partial charge in [-0.15, -0.1) is 0 Å². The highest BCUT2D eigenvalue weighted by atomic mass is 35.5. The predicted octanol–water partition coefficient (Wildman–Crippen LogP) is 3.51. The summed E-state index contributed by atoms with van der Waals surface area (Å²) in [5.41, 5.74) is 9.37. The molecule has 3 heteroatoms. The van der Waals surface area contributed by atoms with Crippen LogP contribution < -0.4 is 5.73 Å². The fourth-order valence-electron chi connectivity index (χ4n) is 3.34. The zero-order chi connectivity index (χ0) is 14.9. The molecule has 110 valence electrons. The molecule has 0 saturated carbocycles. The summed E-state index contributed by atoms with van der Waals surface area (Å²) >= 11 is 5.93. The zero-order valence-corrected chi connectivity index (χ0v) is 12.7. The number of benzene rings is 2. The molecule has 0 heterocycles. The predicted molar refractivity (Wildman–Crippen MR) is 86.4 cm³/mol. The number of nitrogens with two attached hydrogens (primary N) is 1. The summed E-state index contributed by atoms with van der Waals surface area (Å²) in [7, 11) is 0. The highest BCUT2D eigenvalue weighted by Gasteiger charge is 2.40. The van der Waals surface area contributed by atoms with E-state index in [9.17, 15) is 5.11 Å². The minimum atomic E-state index is -0.562. The van der Waals surface area contributed by atoms with Crippen LogP contribution in [0.5, 0.6) is 0 Å². The lowest BCUT2D eigenvalue weighted by molar-refractivity contribution is 0.0178. The second-order valence-corrected chi connectivity index (χ2v) is 6.40. The molecular formula is C18H20ClNO. The molecule has 2 aromatic carbocycles. The van der Waals surface area contributed by atoms with Crippen LogP contribution in [-0.2, 0) is 12.8 Å². The molecule has 2 nitrogen and oxygen atoms in total. The van der Waals surface area contributed by atoms with Crippen molar-refractivity contribution < 1.29 is 5.11 Å². The minimum absolute atomic E-state index is 0.290. The Balaban J connectivity index is 1.93. The number of hydrogen-bond donors (Lipinski definition) is 2. The van der Waals surface area contributed by atoms with E-state index in [0.717, 1.165) is 24.8 Å². The van der Waals surface area contributed by atoms with Gasteiger partial charge in [-0.3, -0.25) is 0 Å². The van der Waals surface area contributed by atoms with Crippen LogP contribution >= 0.6 is 11.6 Å². The summed E-state index contributed by atoms with van der Waals surface area (Å²) in [6.07, 6.45) is 2.14. The van der Waals surface area contributed by atoms with Crippen LogP contribution in [0.4, 0.5) is 0 Å². The Morgan fingerprint density at radius 1 is 1.10 bits per heavy atom. The number of aliphatic hydroxyl groups is 1. The lowest BCUT2D eigenvalue weighted by Crippen LogP contribution is -2.41. The molecule has 0 amide bonds. The molecule has 2 atom stereocenters. The van der Waals surface area contributed by atoms with E-state index >= 15 is 0 Å². The van der Waals surface area contributed by atoms with Crippen LogP contribution in [0.2, 0.25) is 5.02 Å². The third-order valence-electron chi connectivity index (χ3n) is 4.73. The van der Waals surface area contributed by atoms with Crippen LogP contribution in [0.1, 0.15) is 29.2 Å². The van der Waals surface area contributed by atoms with Crippen molar-refractivity contribution in [2.24, 2.45) is 11.1 Å². The topological polar surface area (TPSA) is 46.2 Å². The van der Waals surface area contributed by atoms with Crippen molar-refractivity contribution in [2.45, 2.75) is 25.4 Å². The van der Waals surface area contributed by atoms with Gasteiger partial charge in [-0.05, 0) is 48.1 Å². The van der Waals surface area contributed by atoms with E-state index in [1.54, 1.807) is 0 Å². The molecule has 2 aromatic rings. The highest BCUT2D eigenvalue weighted by Crippen LogP contribution is 2.44. The Hall–Kier alpha value is -1.35. The third-order valence-corrected chi connectivity index (χ3v) is 4.98. The van der Waals surface area contributed by atoms with Gasteiger partial charge in [0, 0.05) is 17.0 Å². The Bertz CT molecular complexity index is 625. The normalized spacial score (nSPS) is 22.6. The van der Waals surface area contributed by atoms with E-state index in [2.05, 4.69) is 24.3 Å². The molecule has 0 aliphatic heterocycles. The number of aliphatic hydroxyl groups excluding tert-OH is 1. The van der Waals surface area contributed by atoms with Crippen molar-refractivity contribution in [3.8, 4) is 0 Å². The van der Waals surface area contributed by atoms with Crippen LogP contribution in [-0.4, -0.2) is 11.7 Å². The molecule has 2 unspecified atom stereocenters. The van der Waals surface area contributed by atoms with Crippen molar-refractivity contribution in [3.63, 3.8) is 0 Å². The molecule has 0 radical (unpaired) electrons. The van der Waals surface area contributed by atoms with E-state index in [1.165, 1.54) is 11.1 Å². The number of fused-ring (bicyclic) bond motifs is 1. The second kappa shape index (κ2) is 5.80. The lowest BCUT2D eigenvalue weighted by Gasteiger charge is -2.41. The molecule has 21 heavy (non-hydrogen) atoms. The Morgan fingerprint density at radius 3 is 2.43 bits per heavy atom. The first-order valence-electron chi connectivity index (χ1n) is 7.35. The van der Waals surface area contributed by atoms with E-state index in [4.69, 9.17) is 17.3 Å². The van der Waals surface area contributed by atoms with E-state index in [1.807, 2.05) is 24.3 Å². The van der Waals surface area contributed by atoms with E-state index < -0.39 is 6.10 Å². The molecule has 0 spiro atoms. The van der Waals surface area contributed by atoms with Gasteiger partial charge in [-0.1, -0.05) is 48.0 Å². The molecule has 3 N–H and O–H groups in total. The third kappa shape index (κ3) is 2.71. The second-order valence-electron chi connectivity index (χ2n) is 5.97. The average Bonchev–Trinajstić information content (AvgIpc) is 2.54. The monoisotopic (exact) mass is 301 g/mol. The van der Waals surface area contributed by atoms with Crippen molar-refractivity contribution in [2.75, 3.05) is 6.54 Å². The van der Waals surface area contributed by atoms with Crippen LogP contribution in [0.15, 0.2) is 48.5 Å². The van der Waals surface area contributed by atoms with Gasteiger partial charge in [0.1, 0.15) is 0 Å². The van der Waals surface area contributed by atoms with E-state index in [0.29, 0.717) is 11.6 Å². The molecule has 3 rings (SSSR count). The first kappa shape index (κ1) is 14.6. The maximum atomic E-state index is 10.9. The van der Waals surface area contributed by atoms with Gasteiger partial charge in [0.15, 0.2) is 0 Å². The Labute approximate surface area is 130 Å². The zero-order valence-electron chi connectivity index (χ0n) is 11.9. The van der Waals surface area contributed by atoms with Gasteiger partial charge in [-0.25, -0.2) is 0 Å². The number of aryl methyl sites for hydroxylation is 1. The average molecular weight is 302 g/mol. The number of hydrogen-bond acceptors (Lipinski definition) is 2.